The number of nitrogens with zero attached hydrogens (tertiary/aromatic N) is 6. The van der Waals surface area contributed by atoms with Crippen molar-refractivity contribution in [1.82, 2.24) is 24.1 Å². The van der Waals surface area contributed by atoms with Gasteiger partial charge in [-0.3, -0.25) is 4.79 Å². The van der Waals surface area contributed by atoms with Gasteiger partial charge in [0, 0.05) is 63.1 Å². The van der Waals surface area contributed by atoms with E-state index in [0.29, 0.717) is 35.4 Å². The number of fused-ring (bicyclic) bond motifs is 4. The zero-order valence-electron chi connectivity index (χ0n) is 16.9. The van der Waals surface area contributed by atoms with Crippen molar-refractivity contribution in [2.45, 2.75) is 18.9 Å². The maximum Gasteiger partial charge on any atom is 0.341 e. The van der Waals surface area contributed by atoms with Crippen LogP contribution in [0.1, 0.15) is 28.4 Å². The number of carbonyl (C=O) groups excluding carboxylic acids is 1. The molecule has 30 heavy (non-hydrogen) atoms. The van der Waals surface area contributed by atoms with Crippen LogP contribution in [0.15, 0.2) is 41.7 Å². The van der Waals surface area contributed by atoms with Gasteiger partial charge in [-0.1, -0.05) is 0 Å². The molecule has 0 radical (unpaired) electrons. The Morgan fingerprint density at radius 3 is 2.63 bits per heavy atom. The molecule has 0 aromatic carbocycles. The van der Waals surface area contributed by atoms with E-state index < -0.39 is 5.97 Å². The molecule has 2 aliphatic rings. The molecular formula is C21H22N6O3. The SMILES string of the molecule is COC(=O)c1cnc(N2C[C@@H]3C[C@H](C2)c2ccc(-c4nccn4C)c(=O)n2C3)nc1. The van der Waals surface area contributed by atoms with Crippen LogP contribution < -0.4 is 10.5 Å². The fraction of sp³-hybridized carbons (Fsp3) is 0.381. The first kappa shape index (κ1) is 18.5. The fourth-order valence-corrected chi connectivity index (χ4v) is 4.61. The van der Waals surface area contributed by atoms with E-state index in [1.807, 2.05) is 28.4 Å². The molecule has 1 fully saturated rings. The van der Waals surface area contributed by atoms with E-state index >= 15 is 0 Å². The monoisotopic (exact) mass is 406 g/mol. The second-order valence-corrected chi connectivity index (χ2v) is 7.92. The molecule has 154 valence electrons. The summed E-state index contributed by atoms with van der Waals surface area (Å²) in [4.78, 5) is 40.0. The highest BCUT2D eigenvalue weighted by atomic mass is 16.5. The molecule has 0 N–H and O–H groups in total. The molecule has 5 rings (SSSR count). The molecule has 9 nitrogen and oxygen atoms in total. The summed E-state index contributed by atoms with van der Waals surface area (Å²) < 4.78 is 8.49. The van der Waals surface area contributed by atoms with Gasteiger partial charge in [0.25, 0.3) is 5.56 Å². The Morgan fingerprint density at radius 2 is 1.93 bits per heavy atom. The first-order valence-electron chi connectivity index (χ1n) is 9.92. The van der Waals surface area contributed by atoms with Crippen molar-refractivity contribution >= 4 is 11.9 Å². The van der Waals surface area contributed by atoms with Gasteiger partial charge in [0.1, 0.15) is 5.82 Å². The van der Waals surface area contributed by atoms with Crippen molar-refractivity contribution in [3.8, 4) is 11.4 Å². The van der Waals surface area contributed by atoms with Gasteiger partial charge in [-0.15, -0.1) is 0 Å². The molecule has 3 aromatic rings. The second-order valence-electron chi connectivity index (χ2n) is 7.92. The third-order valence-corrected chi connectivity index (χ3v) is 6.01. The van der Waals surface area contributed by atoms with Crippen LogP contribution in [0.5, 0.6) is 0 Å². The quantitative estimate of drug-likeness (QED) is 0.608. The Morgan fingerprint density at radius 1 is 1.13 bits per heavy atom. The normalized spacial score (nSPS) is 20.0. The molecule has 2 aliphatic heterocycles. The average molecular weight is 406 g/mol. The number of aryl methyl sites for hydroxylation is 1. The molecule has 3 aromatic heterocycles. The number of hydrogen-bond donors (Lipinski definition) is 0. The largest absolute Gasteiger partial charge is 0.465 e. The van der Waals surface area contributed by atoms with E-state index in [4.69, 9.17) is 4.74 Å². The number of anilines is 1. The number of esters is 1. The summed E-state index contributed by atoms with van der Waals surface area (Å²) in [6.07, 6.45) is 7.58. The molecule has 9 heteroatoms. The van der Waals surface area contributed by atoms with Gasteiger partial charge in [0.05, 0.1) is 18.2 Å². The van der Waals surface area contributed by atoms with Crippen LogP contribution in [0.3, 0.4) is 0 Å². The highest BCUT2D eigenvalue weighted by Gasteiger charge is 2.36. The zero-order chi connectivity index (χ0) is 20.8. The lowest BCUT2D eigenvalue weighted by Gasteiger charge is -2.42. The first-order chi connectivity index (χ1) is 14.5. The minimum absolute atomic E-state index is 0.0173. The zero-order valence-corrected chi connectivity index (χ0v) is 16.9. The smallest absolute Gasteiger partial charge is 0.341 e. The predicted octanol–water partition coefficient (Wildman–Crippen LogP) is 1.45. The molecule has 2 bridgehead atoms. The fourth-order valence-electron chi connectivity index (χ4n) is 4.61. The Kier molecular flexibility index (Phi) is 4.38. The molecule has 0 saturated carbocycles. The van der Waals surface area contributed by atoms with Crippen molar-refractivity contribution in [2.24, 2.45) is 13.0 Å². The van der Waals surface area contributed by atoms with Crippen molar-refractivity contribution in [1.29, 1.82) is 0 Å². The lowest BCUT2D eigenvalue weighted by atomic mass is 9.83. The van der Waals surface area contributed by atoms with Crippen LogP contribution in [-0.4, -0.2) is 50.3 Å². The summed E-state index contributed by atoms with van der Waals surface area (Å²) >= 11 is 0. The molecule has 0 unspecified atom stereocenters. The van der Waals surface area contributed by atoms with Crippen LogP contribution >= 0.6 is 0 Å². The maximum atomic E-state index is 13.2. The molecule has 2 atom stereocenters. The molecule has 1 saturated heterocycles. The van der Waals surface area contributed by atoms with Crippen LogP contribution in [0.2, 0.25) is 0 Å². The standard InChI is InChI=1S/C21H22N6O3/c1-25-6-5-22-18(25)16-3-4-17-14-7-13(11-27(17)19(16)28)10-26(12-14)21-23-8-15(9-24-21)20(29)30-2/h3-6,8-9,13-14H,7,10-12H2,1-2H3/t13-,14+/m0/s1. The van der Waals surface area contributed by atoms with Crippen molar-refractivity contribution < 1.29 is 9.53 Å². The minimum atomic E-state index is -0.450. The number of pyridine rings is 1. The Hall–Kier alpha value is -3.49. The Balaban J connectivity index is 1.44. The van der Waals surface area contributed by atoms with Gasteiger partial charge in [-0.2, -0.15) is 0 Å². The number of ether oxygens (including phenoxy) is 1. The molecular weight excluding hydrogens is 384 g/mol. The van der Waals surface area contributed by atoms with Gasteiger partial charge >= 0.3 is 5.97 Å². The summed E-state index contributed by atoms with van der Waals surface area (Å²) in [6.45, 7) is 2.17. The number of carbonyl (C=O) groups is 1. The highest BCUT2D eigenvalue weighted by Crippen LogP contribution is 2.36. The molecule has 0 spiro atoms. The highest BCUT2D eigenvalue weighted by molar-refractivity contribution is 5.88. The van der Waals surface area contributed by atoms with Crippen LogP contribution in [0.4, 0.5) is 5.95 Å². The van der Waals surface area contributed by atoms with Gasteiger partial charge in [-0.25, -0.2) is 19.7 Å². The van der Waals surface area contributed by atoms with Gasteiger partial charge in [-0.05, 0) is 24.5 Å². The number of piperidine rings is 1. The number of methoxy groups -OCH3 is 1. The lowest BCUT2D eigenvalue weighted by molar-refractivity contribution is 0.0599. The van der Waals surface area contributed by atoms with Crippen LogP contribution in [0.25, 0.3) is 11.4 Å². The maximum absolute atomic E-state index is 13.2. The third-order valence-electron chi connectivity index (χ3n) is 6.01. The average Bonchev–Trinajstić information content (AvgIpc) is 3.19. The summed E-state index contributed by atoms with van der Waals surface area (Å²) in [5.41, 5.74) is 2.02. The molecule has 5 heterocycles. The second kappa shape index (κ2) is 7.08. The van der Waals surface area contributed by atoms with E-state index in [-0.39, 0.29) is 11.5 Å². The predicted molar refractivity (Wildman–Crippen MR) is 109 cm³/mol. The molecule has 0 amide bonds. The number of imidazole rings is 1. The van der Waals surface area contributed by atoms with E-state index in [0.717, 1.165) is 25.2 Å². The summed E-state index contributed by atoms with van der Waals surface area (Å²) in [5, 5.41) is 0. The van der Waals surface area contributed by atoms with E-state index in [2.05, 4.69) is 25.9 Å². The van der Waals surface area contributed by atoms with Crippen molar-refractivity contribution in [3.63, 3.8) is 0 Å². The summed E-state index contributed by atoms with van der Waals surface area (Å²) in [6, 6.07) is 3.94. The van der Waals surface area contributed by atoms with E-state index in [9.17, 15) is 9.59 Å². The summed E-state index contributed by atoms with van der Waals surface area (Å²) in [7, 11) is 3.23. The number of hydrogen-bond acceptors (Lipinski definition) is 7. The summed E-state index contributed by atoms with van der Waals surface area (Å²) in [5.74, 6) is 1.39. The van der Waals surface area contributed by atoms with Crippen molar-refractivity contribution in [3.05, 3.63) is 58.5 Å². The van der Waals surface area contributed by atoms with Crippen LogP contribution in [-0.2, 0) is 18.3 Å². The van der Waals surface area contributed by atoms with Gasteiger partial charge < -0.3 is 18.8 Å². The third kappa shape index (κ3) is 2.97. The van der Waals surface area contributed by atoms with Crippen LogP contribution in [0, 0.1) is 5.92 Å². The van der Waals surface area contributed by atoms with Gasteiger partial charge in [0.15, 0.2) is 0 Å². The van der Waals surface area contributed by atoms with E-state index in [1.54, 1.807) is 6.20 Å². The Bertz CT molecular complexity index is 1170. The number of aromatic nitrogens is 5. The van der Waals surface area contributed by atoms with Gasteiger partial charge in [0.2, 0.25) is 5.95 Å². The minimum Gasteiger partial charge on any atom is -0.465 e. The number of rotatable bonds is 3. The first-order valence-corrected chi connectivity index (χ1v) is 9.92. The molecule has 0 aliphatic carbocycles. The van der Waals surface area contributed by atoms with Crippen molar-refractivity contribution in [2.75, 3.05) is 25.1 Å². The Labute approximate surface area is 173 Å². The lowest BCUT2D eigenvalue weighted by Crippen LogP contribution is -2.48. The van der Waals surface area contributed by atoms with E-state index in [1.165, 1.54) is 19.5 Å². The topological polar surface area (TPSA) is 95.1 Å².